The molecule has 0 saturated heterocycles. The molecule has 20 heteroatoms. The summed E-state index contributed by atoms with van der Waals surface area (Å²) in [6.45, 7) is 4.54. The van der Waals surface area contributed by atoms with Crippen LogP contribution in [0, 0.1) is 57.8 Å². The molecule has 15 nitrogen and oxygen atoms in total. The Bertz CT molecular complexity index is 2930. The van der Waals surface area contributed by atoms with Crippen LogP contribution in [0.2, 0.25) is 0 Å². The lowest BCUT2D eigenvalue weighted by Crippen LogP contribution is -2.47. The van der Waals surface area contributed by atoms with Crippen molar-refractivity contribution in [2.24, 2.45) is 23.2 Å². The lowest BCUT2D eigenvalue weighted by Gasteiger charge is -2.39. The highest BCUT2D eigenvalue weighted by Gasteiger charge is 2.58. The topological polar surface area (TPSA) is 217 Å². The number of rotatable bonds is 20. The van der Waals surface area contributed by atoms with Crippen molar-refractivity contribution in [3.8, 4) is 0 Å². The number of hydrogen-bond acceptors (Lipinski definition) is 15. The maximum Gasteiger partial charge on any atom is 0.296 e. The minimum Gasteiger partial charge on any atom is -0.266 e. The van der Waals surface area contributed by atoms with Gasteiger partial charge in [0.1, 0.15) is 0 Å². The van der Waals surface area contributed by atoms with E-state index in [0.29, 0.717) is 0 Å². The van der Waals surface area contributed by atoms with Crippen LogP contribution in [0.3, 0.4) is 0 Å². The van der Waals surface area contributed by atoms with Gasteiger partial charge in [-0.15, -0.1) is 0 Å². The molecule has 1 unspecified atom stereocenters. The molecule has 1 fully saturated rings. The van der Waals surface area contributed by atoms with Crippen LogP contribution < -0.4 is 0 Å². The van der Waals surface area contributed by atoms with Gasteiger partial charge in [0.15, 0.2) is 0 Å². The summed E-state index contributed by atoms with van der Waals surface area (Å²) in [6.07, 6.45) is -0.257. The van der Waals surface area contributed by atoms with Crippen LogP contribution >= 0.6 is 0 Å². The van der Waals surface area contributed by atoms with Gasteiger partial charge in [-0.2, -0.15) is 42.1 Å². The Morgan fingerprint density at radius 2 is 0.615 bits per heavy atom. The quantitative estimate of drug-likeness (QED) is 0.0733. The predicted molar refractivity (Wildman–Crippen MR) is 239 cm³/mol. The van der Waals surface area contributed by atoms with Gasteiger partial charge in [0, 0.05) is 5.41 Å². The highest BCUT2D eigenvalue weighted by Crippen LogP contribution is 2.53. The lowest BCUT2D eigenvalue weighted by atomic mass is 9.72. The first-order valence-electron chi connectivity index (χ1n) is 20.2. The van der Waals surface area contributed by atoms with E-state index >= 15 is 0 Å². The van der Waals surface area contributed by atoms with E-state index in [-0.39, 0.29) is 30.9 Å². The molecule has 0 heterocycles. The fraction of sp³-hybridized carbons (Fsp3) is 0.333. The van der Waals surface area contributed by atoms with Crippen LogP contribution in [0.5, 0.6) is 0 Å². The third-order valence-electron chi connectivity index (χ3n) is 11.5. The summed E-state index contributed by atoms with van der Waals surface area (Å²) < 4.78 is 167. The zero-order chi connectivity index (χ0) is 47.4. The Morgan fingerprint density at radius 1 is 0.369 bits per heavy atom. The van der Waals surface area contributed by atoms with Crippen molar-refractivity contribution < 1.29 is 63.0 Å². The number of aryl methyl sites for hydroxylation is 5. The van der Waals surface area contributed by atoms with Gasteiger partial charge in [-0.3, -0.25) is 20.9 Å². The maximum absolute atomic E-state index is 13.9. The lowest BCUT2D eigenvalue weighted by molar-refractivity contribution is -0.0258. The second kappa shape index (κ2) is 19.9. The van der Waals surface area contributed by atoms with Crippen LogP contribution in [0.15, 0.2) is 146 Å². The molecular formula is C45H50O15S5. The first-order chi connectivity index (χ1) is 30.4. The number of benzene rings is 5. The van der Waals surface area contributed by atoms with Crippen molar-refractivity contribution >= 4 is 50.6 Å². The minimum absolute atomic E-state index is 0.203. The van der Waals surface area contributed by atoms with Crippen LogP contribution in [0.4, 0.5) is 0 Å². The zero-order valence-corrected chi connectivity index (χ0v) is 40.3. The molecule has 5 aromatic carbocycles. The molecule has 65 heavy (non-hydrogen) atoms. The van der Waals surface area contributed by atoms with E-state index in [9.17, 15) is 42.1 Å². The summed E-state index contributed by atoms with van der Waals surface area (Å²) in [6, 6.07) is 28.5. The third-order valence-corrected chi connectivity index (χ3v) is 17.9. The monoisotopic (exact) mass is 990 g/mol. The van der Waals surface area contributed by atoms with Crippen LogP contribution in [-0.2, 0) is 71.5 Å². The fourth-order valence-electron chi connectivity index (χ4n) is 7.50. The molecule has 0 spiro atoms. The summed E-state index contributed by atoms with van der Waals surface area (Å²) in [5.41, 5.74) is 1.68. The highest BCUT2D eigenvalue weighted by atomic mass is 32.2. The Balaban J connectivity index is 1.49. The van der Waals surface area contributed by atoms with Crippen molar-refractivity contribution in [1.82, 2.24) is 0 Å². The first kappa shape index (κ1) is 50.1. The minimum atomic E-state index is -4.68. The summed E-state index contributed by atoms with van der Waals surface area (Å²) in [4.78, 5) is -1.24. The Labute approximate surface area is 382 Å². The molecule has 5 aromatic rings. The van der Waals surface area contributed by atoms with Gasteiger partial charge in [0.05, 0.1) is 57.5 Å². The van der Waals surface area contributed by atoms with Gasteiger partial charge < -0.3 is 0 Å². The molecule has 1 aliphatic carbocycles. The average molecular weight is 991 g/mol. The molecule has 0 aliphatic heterocycles. The van der Waals surface area contributed by atoms with E-state index in [1.807, 2.05) is 0 Å². The Hall–Kier alpha value is -4.35. The Morgan fingerprint density at radius 3 is 0.908 bits per heavy atom. The second-order valence-corrected chi connectivity index (χ2v) is 24.3. The average Bonchev–Trinajstić information content (AvgIpc) is 3.55. The predicted octanol–water partition coefficient (Wildman–Crippen LogP) is 6.79. The van der Waals surface area contributed by atoms with E-state index in [1.54, 1.807) is 58.9 Å². The van der Waals surface area contributed by atoms with Crippen LogP contribution in [0.1, 0.15) is 34.2 Å². The fourth-order valence-corrected chi connectivity index (χ4v) is 12.3. The molecule has 1 saturated carbocycles. The maximum atomic E-state index is 13.9. The van der Waals surface area contributed by atoms with Gasteiger partial charge in [0.2, 0.25) is 0 Å². The van der Waals surface area contributed by atoms with Crippen LogP contribution in [-0.4, -0.2) is 75.1 Å². The molecule has 0 N–H and O–H groups in total. The molecule has 0 aromatic heterocycles. The normalized spacial score (nSPS) is 18.1. The molecule has 0 amide bonds. The summed E-state index contributed by atoms with van der Waals surface area (Å²) in [5, 5.41) is 0. The van der Waals surface area contributed by atoms with E-state index in [4.69, 9.17) is 20.9 Å². The van der Waals surface area contributed by atoms with Crippen molar-refractivity contribution in [2.45, 2.75) is 65.5 Å². The number of hydrogen-bond donors (Lipinski definition) is 0. The molecule has 3 atom stereocenters. The van der Waals surface area contributed by atoms with Crippen LogP contribution in [0.25, 0.3) is 0 Å². The first-order valence-corrected chi connectivity index (χ1v) is 27.3. The Kier molecular flexibility index (Phi) is 15.3. The highest BCUT2D eigenvalue weighted by molar-refractivity contribution is 7.87. The zero-order valence-electron chi connectivity index (χ0n) is 36.2. The smallest absolute Gasteiger partial charge is 0.266 e. The van der Waals surface area contributed by atoms with Crippen molar-refractivity contribution in [1.29, 1.82) is 0 Å². The van der Waals surface area contributed by atoms with E-state index in [0.717, 1.165) is 27.8 Å². The van der Waals surface area contributed by atoms with Crippen molar-refractivity contribution in [3.63, 3.8) is 0 Å². The molecule has 6 rings (SSSR count). The van der Waals surface area contributed by atoms with Gasteiger partial charge >= 0.3 is 0 Å². The summed E-state index contributed by atoms with van der Waals surface area (Å²) in [7, 11) is -23.0. The second-order valence-electron chi connectivity index (χ2n) is 16.2. The largest absolute Gasteiger partial charge is 0.296 e. The van der Waals surface area contributed by atoms with Gasteiger partial charge in [0.25, 0.3) is 50.6 Å². The SMILES string of the molecule is Cc1ccc(S(=O)(=O)OCC2C[C@@H](COS(=O)(=O)c3ccc(C)cc3)C(COS(=O)(=O)c3ccc(C)cc3)(COS(=O)(=O)c3ccc(C)cc3)[C@@H]2COS(=O)(=O)c2ccc(C)cc2)cc1. The molecule has 1 aliphatic rings. The standard InChI is InChI=1S/C45H50O15S5/c1-32-6-16-39(17-7-32)61(46,47)56-27-37-26-38(28-57-62(48,49)40-18-8-33(2)9-19-40)45(30-59-64(52,53)42-22-12-35(4)13-23-42,31-60-65(54,55)43-24-14-36(5)15-25-43)44(37)29-58-63(50,51)41-20-10-34(3)11-21-41/h6-25,37-38,44H,26-31H2,1-5H3/t37?,38-,44+/m0/s1. The van der Waals surface area contributed by atoms with E-state index in [1.165, 1.54) is 97.1 Å². The van der Waals surface area contributed by atoms with E-state index < -0.39 is 107 Å². The summed E-state index contributed by atoms with van der Waals surface area (Å²) in [5.74, 6) is -3.79. The molecule has 0 bridgehead atoms. The van der Waals surface area contributed by atoms with Gasteiger partial charge in [-0.1, -0.05) is 88.5 Å². The van der Waals surface area contributed by atoms with Gasteiger partial charge in [-0.25, -0.2) is 0 Å². The van der Waals surface area contributed by atoms with Crippen molar-refractivity contribution in [3.05, 3.63) is 149 Å². The molecular weight excluding hydrogens is 941 g/mol. The summed E-state index contributed by atoms with van der Waals surface area (Å²) >= 11 is 0. The van der Waals surface area contributed by atoms with E-state index in [2.05, 4.69) is 0 Å². The third kappa shape index (κ3) is 12.2. The molecule has 0 radical (unpaired) electrons. The van der Waals surface area contributed by atoms with Gasteiger partial charge in [-0.05, 0) is 119 Å². The molecule has 350 valence electrons. The van der Waals surface area contributed by atoms with Crippen molar-refractivity contribution in [2.75, 3.05) is 33.0 Å².